The van der Waals surface area contributed by atoms with Crippen LogP contribution in [0.15, 0.2) is 42.5 Å². The maximum atomic E-state index is 10.3. The van der Waals surface area contributed by atoms with Gasteiger partial charge in [-0.1, -0.05) is 36.4 Å². The van der Waals surface area contributed by atoms with E-state index in [-0.39, 0.29) is 0 Å². The summed E-state index contributed by atoms with van der Waals surface area (Å²) in [4.78, 5) is 0. The molecule has 3 heteroatoms. The average molecular weight is 299 g/mol. The first-order valence-corrected chi connectivity index (χ1v) is 7.69. The van der Waals surface area contributed by atoms with Crippen molar-refractivity contribution in [2.75, 3.05) is 13.7 Å². The van der Waals surface area contributed by atoms with E-state index in [2.05, 4.69) is 31.3 Å². The lowest BCUT2D eigenvalue weighted by molar-refractivity contribution is 0.166. The van der Waals surface area contributed by atoms with Crippen LogP contribution >= 0.6 is 0 Å². The third-order valence-corrected chi connectivity index (χ3v) is 4.02. The summed E-state index contributed by atoms with van der Waals surface area (Å²) in [5.74, 6) is 0.893. The van der Waals surface area contributed by atoms with Crippen molar-refractivity contribution in [1.82, 2.24) is 5.32 Å². The largest absolute Gasteiger partial charge is 0.496 e. The summed E-state index contributed by atoms with van der Waals surface area (Å²) in [7, 11) is 1.68. The molecule has 0 aliphatic carbocycles. The van der Waals surface area contributed by atoms with Gasteiger partial charge in [0.1, 0.15) is 5.75 Å². The van der Waals surface area contributed by atoms with Crippen molar-refractivity contribution in [3.63, 3.8) is 0 Å². The second-order valence-corrected chi connectivity index (χ2v) is 5.64. The SMILES string of the molecule is COc1ccccc1CNCCC(O)c1ccc(C)c(C)c1. The van der Waals surface area contributed by atoms with Crippen LogP contribution in [0.1, 0.15) is 34.8 Å². The van der Waals surface area contributed by atoms with E-state index in [1.54, 1.807) is 7.11 Å². The molecule has 2 aromatic rings. The van der Waals surface area contributed by atoms with Gasteiger partial charge in [-0.2, -0.15) is 0 Å². The van der Waals surface area contributed by atoms with E-state index < -0.39 is 6.10 Å². The molecule has 1 atom stereocenters. The maximum absolute atomic E-state index is 10.3. The van der Waals surface area contributed by atoms with Gasteiger partial charge in [0.2, 0.25) is 0 Å². The minimum Gasteiger partial charge on any atom is -0.496 e. The highest BCUT2D eigenvalue weighted by Gasteiger charge is 2.08. The van der Waals surface area contributed by atoms with E-state index in [1.165, 1.54) is 11.1 Å². The average Bonchev–Trinajstić information content (AvgIpc) is 2.54. The lowest BCUT2D eigenvalue weighted by atomic mass is 10.0. The molecule has 0 spiro atoms. The van der Waals surface area contributed by atoms with Crippen LogP contribution in [0.25, 0.3) is 0 Å². The number of para-hydroxylation sites is 1. The summed E-state index contributed by atoms with van der Waals surface area (Å²) in [5, 5.41) is 13.6. The van der Waals surface area contributed by atoms with Gasteiger partial charge in [0, 0.05) is 12.1 Å². The Bertz CT molecular complexity index is 610. The number of hydrogen-bond donors (Lipinski definition) is 2. The van der Waals surface area contributed by atoms with Crippen LogP contribution in [0.3, 0.4) is 0 Å². The second kappa shape index (κ2) is 7.97. The quantitative estimate of drug-likeness (QED) is 0.769. The number of methoxy groups -OCH3 is 1. The van der Waals surface area contributed by atoms with Gasteiger partial charge in [-0.15, -0.1) is 0 Å². The van der Waals surface area contributed by atoms with Crippen LogP contribution < -0.4 is 10.1 Å². The number of rotatable bonds is 7. The summed E-state index contributed by atoms with van der Waals surface area (Å²) >= 11 is 0. The topological polar surface area (TPSA) is 41.5 Å². The molecule has 0 bridgehead atoms. The van der Waals surface area contributed by atoms with Crippen molar-refractivity contribution in [1.29, 1.82) is 0 Å². The number of benzene rings is 2. The molecule has 0 heterocycles. The van der Waals surface area contributed by atoms with Gasteiger partial charge in [0.15, 0.2) is 0 Å². The Labute approximate surface area is 133 Å². The molecule has 0 fully saturated rings. The van der Waals surface area contributed by atoms with Gasteiger partial charge in [-0.25, -0.2) is 0 Å². The first-order chi connectivity index (χ1) is 10.6. The predicted octanol–water partition coefficient (Wildman–Crippen LogP) is 3.53. The van der Waals surface area contributed by atoms with Crippen LogP contribution in [0, 0.1) is 13.8 Å². The first kappa shape index (κ1) is 16.5. The molecule has 2 aromatic carbocycles. The van der Waals surface area contributed by atoms with Crippen LogP contribution in [-0.2, 0) is 6.54 Å². The molecule has 22 heavy (non-hydrogen) atoms. The smallest absolute Gasteiger partial charge is 0.123 e. The van der Waals surface area contributed by atoms with E-state index in [0.29, 0.717) is 6.42 Å². The van der Waals surface area contributed by atoms with Crippen LogP contribution in [-0.4, -0.2) is 18.8 Å². The molecule has 3 nitrogen and oxygen atoms in total. The lowest BCUT2D eigenvalue weighted by Crippen LogP contribution is -2.17. The summed E-state index contributed by atoms with van der Waals surface area (Å²) in [6.07, 6.45) is 0.266. The van der Waals surface area contributed by atoms with Crippen LogP contribution in [0.2, 0.25) is 0 Å². The Hall–Kier alpha value is -1.84. The van der Waals surface area contributed by atoms with E-state index in [0.717, 1.165) is 30.0 Å². The molecule has 0 saturated heterocycles. The minimum atomic E-state index is -0.426. The fraction of sp³-hybridized carbons (Fsp3) is 0.368. The standard InChI is InChI=1S/C19H25NO2/c1-14-8-9-16(12-15(14)2)18(21)10-11-20-13-17-6-4-5-7-19(17)22-3/h4-9,12,18,20-21H,10-11,13H2,1-3H3. The van der Waals surface area contributed by atoms with Crippen molar-refractivity contribution >= 4 is 0 Å². The molecule has 1 unspecified atom stereocenters. The van der Waals surface area contributed by atoms with E-state index in [9.17, 15) is 5.11 Å². The Balaban J connectivity index is 1.82. The normalized spacial score (nSPS) is 12.2. The van der Waals surface area contributed by atoms with Gasteiger partial charge in [-0.05, 0) is 49.6 Å². The second-order valence-electron chi connectivity index (χ2n) is 5.64. The Morgan fingerprint density at radius 1 is 1.09 bits per heavy atom. The molecule has 0 amide bonds. The molecule has 0 saturated carbocycles. The molecular formula is C19H25NO2. The Kier molecular flexibility index (Phi) is 5.99. The first-order valence-electron chi connectivity index (χ1n) is 7.69. The molecule has 0 aliphatic heterocycles. The van der Waals surface area contributed by atoms with Crippen molar-refractivity contribution in [3.05, 3.63) is 64.7 Å². The zero-order valence-electron chi connectivity index (χ0n) is 13.6. The van der Waals surface area contributed by atoms with Crippen molar-refractivity contribution in [2.45, 2.75) is 32.9 Å². The van der Waals surface area contributed by atoms with Gasteiger partial charge in [-0.3, -0.25) is 0 Å². The van der Waals surface area contributed by atoms with Gasteiger partial charge in [0.05, 0.1) is 13.2 Å². The number of aliphatic hydroxyl groups excluding tert-OH is 1. The third-order valence-electron chi connectivity index (χ3n) is 4.02. The van der Waals surface area contributed by atoms with Crippen molar-refractivity contribution < 1.29 is 9.84 Å². The Morgan fingerprint density at radius 2 is 1.86 bits per heavy atom. The third kappa shape index (κ3) is 4.33. The lowest BCUT2D eigenvalue weighted by Gasteiger charge is -2.14. The van der Waals surface area contributed by atoms with Crippen LogP contribution in [0.5, 0.6) is 5.75 Å². The summed E-state index contributed by atoms with van der Waals surface area (Å²) in [5.41, 5.74) is 4.59. The Morgan fingerprint density at radius 3 is 2.59 bits per heavy atom. The molecule has 0 aliphatic rings. The fourth-order valence-electron chi connectivity index (χ4n) is 2.45. The summed E-state index contributed by atoms with van der Waals surface area (Å²) in [6, 6.07) is 14.1. The molecular weight excluding hydrogens is 274 g/mol. The van der Waals surface area contributed by atoms with Gasteiger partial charge in [0.25, 0.3) is 0 Å². The number of ether oxygens (including phenoxy) is 1. The monoisotopic (exact) mass is 299 g/mol. The number of hydrogen-bond acceptors (Lipinski definition) is 3. The highest BCUT2D eigenvalue weighted by Crippen LogP contribution is 2.20. The molecule has 118 valence electrons. The zero-order valence-corrected chi connectivity index (χ0v) is 13.6. The van der Waals surface area contributed by atoms with Gasteiger partial charge < -0.3 is 15.2 Å². The highest BCUT2D eigenvalue weighted by molar-refractivity contribution is 5.33. The maximum Gasteiger partial charge on any atom is 0.123 e. The van der Waals surface area contributed by atoms with E-state index in [4.69, 9.17) is 4.74 Å². The molecule has 2 rings (SSSR count). The molecule has 0 aromatic heterocycles. The van der Waals surface area contributed by atoms with E-state index in [1.807, 2.05) is 30.3 Å². The fourth-order valence-corrected chi connectivity index (χ4v) is 2.45. The summed E-state index contributed by atoms with van der Waals surface area (Å²) in [6.45, 7) is 5.65. The number of nitrogens with one attached hydrogen (secondary N) is 1. The van der Waals surface area contributed by atoms with Crippen molar-refractivity contribution in [2.24, 2.45) is 0 Å². The minimum absolute atomic E-state index is 0.426. The van der Waals surface area contributed by atoms with E-state index >= 15 is 0 Å². The number of aryl methyl sites for hydroxylation is 2. The number of aliphatic hydroxyl groups is 1. The predicted molar refractivity (Wildman–Crippen MR) is 90.2 cm³/mol. The molecule has 2 N–H and O–H groups in total. The van der Waals surface area contributed by atoms with Crippen LogP contribution in [0.4, 0.5) is 0 Å². The van der Waals surface area contributed by atoms with Gasteiger partial charge >= 0.3 is 0 Å². The highest BCUT2D eigenvalue weighted by atomic mass is 16.5. The van der Waals surface area contributed by atoms with Crippen molar-refractivity contribution in [3.8, 4) is 5.75 Å². The molecule has 0 radical (unpaired) electrons. The summed E-state index contributed by atoms with van der Waals surface area (Å²) < 4.78 is 5.33. The zero-order chi connectivity index (χ0) is 15.9.